The molecule has 0 aromatic carbocycles. The van der Waals surface area contributed by atoms with Crippen molar-refractivity contribution in [3.63, 3.8) is 0 Å². The zero-order valence-electron chi connectivity index (χ0n) is 12.6. The maximum atomic E-state index is 11.4. The second kappa shape index (κ2) is 6.88. The maximum absolute atomic E-state index is 11.4. The van der Waals surface area contributed by atoms with E-state index in [4.69, 9.17) is 9.84 Å². The van der Waals surface area contributed by atoms with Gasteiger partial charge in [0.25, 0.3) is 0 Å². The van der Waals surface area contributed by atoms with Crippen LogP contribution < -0.4 is 5.32 Å². The molecular weight excluding hydrogens is 272 g/mol. The molecule has 0 aliphatic heterocycles. The van der Waals surface area contributed by atoms with Gasteiger partial charge in [0.1, 0.15) is 5.60 Å². The Kier molecular flexibility index (Phi) is 5.46. The monoisotopic (exact) mass is 292 g/mol. The first kappa shape index (κ1) is 16.7. The molecule has 21 heavy (non-hydrogen) atoms. The van der Waals surface area contributed by atoms with Crippen molar-refractivity contribution in [1.29, 1.82) is 0 Å². The Morgan fingerprint density at radius 1 is 1.43 bits per heavy atom. The minimum atomic E-state index is -1.09. The van der Waals surface area contributed by atoms with Crippen molar-refractivity contribution in [2.45, 2.75) is 33.3 Å². The number of carboxylic acids is 1. The second-order valence-corrected chi connectivity index (χ2v) is 5.54. The standard InChI is InChI=1S/C15H20N2O4/c1-10-8-11(12(13(18)19)17-9-10)6-5-7-16-14(20)21-15(2,3)4/h5-6,8-9H,7H2,1-4H3,(H,16,20)(H,18,19). The minimum absolute atomic E-state index is 0.0193. The Morgan fingerprint density at radius 2 is 2.10 bits per heavy atom. The molecule has 1 heterocycles. The third-order valence-electron chi connectivity index (χ3n) is 2.32. The Hall–Kier alpha value is -2.37. The Bertz CT molecular complexity index is 559. The van der Waals surface area contributed by atoms with Crippen LogP contribution in [0.25, 0.3) is 6.08 Å². The van der Waals surface area contributed by atoms with E-state index in [-0.39, 0.29) is 12.2 Å². The number of nitrogens with zero attached hydrogens (tertiary/aromatic N) is 1. The Balaban J connectivity index is 2.64. The quantitative estimate of drug-likeness (QED) is 0.890. The number of nitrogens with one attached hydrogen (secondary N) is 1. The molecule has 1 aromatic rings. The van der Waals surface area contributed by atoms with Gasteiger partial charge in [0, 0.05) is 18.3 Å². The molecule has 1 rings (SSSR count). The number of aromatic carboxylic acids is 1. The Labute approximate surface area is 123 Å². The van der Waals surface area contributed by atoms with Crippen LogP contribution in [0.3, 0.4) is 0 Å². The molecule has 6 heteroatoms. The van der Waals surface area contributed by atoms with E-state index in [2.05, 4.69) is 10.3 Å². The third kappa shape index (κ3) is 6.07. The topological polar surface area (TPSA) is 88.5 Å². The highest BCUT2D eigenvalue weighted by Gasteiger charge is 2.15. The van der Waals surface area contributed by atoms with E-state index in [9.17, 15) is 9.59 Å². The number of hydrogen-bond acceptors (Lipinski definition) is 4. The molecule has 0 aliphatic carbocycles. The average Bonchev–Trinajstić information content (AvgIpc) is 2.32. The molecule has 1 amide bonds. The number of carboxylic acid groups (broad SMARTS) is 1. The van der Waals surface area contributed by atoms with Crippen molar-refractivity contribution in [2.24, 2.45) is 0 Å². The van der Waals surface area contributed by atoms with Crippen LogP contribution in [-0.4, -0.2) is 34.3 Å². The number of aryl methyl sites for hydroxylation is 1. The van der Waals surface area contributed by atoms with Crippen molar-refractivity contribution in [3.8, 4) is 0 Å². The van der Waals surface area contributed by atoms with Crippen molar-refractivity contribution < 1.29 is 19.4 Å². The fourth-order valence-corrected chi connectivity index (χ4v) is 1.54. The molecular formula is C15H20N2O4. The fraction of sp³-hybridized carbons (Fsp3) is 0.400. The van der Waals surface area contributed by atoms with Crippen LogP contribution >= 0.6 is 0 Å². The summed E-state index contributed by atoms with van der Waals surface area (Å²) in [6.45, 7) is 7.40. The van der Waals surface area contributed by atoms with Crippen LogP contribution in [0.1, 0.15) is 42.4 Å². The lowest BCUT2D eigenvalue weighted by molar-refractivity contribution is 0.0533. The lowest BCUT2D eigenvalue weighted by Gasteiger charge is -2.19. The maximum Gasteiger partial charge on any atom is 0.407 e. The van der Waals surface area contributed by atoms with Gasteiger partial charge < -0.3 is 15.2 Å². The molecule has 0 atom stereocenters. The summed E-state index contributed by atoms with van der Waals surface area (Å²) in [4.78, 5) is 26.3. The molecule has 114 valence electrons. The van der Waals surface area contributed by atoms with Gasteiger partial charge in [-0.05, 0) is 39.3 Å². The summed E-state index contributed by atoms with van der Waals surface area (Å²) in [5, 5.41) is 11.6. The summed E-state index contributed by atoms with van der Waals surface area (Å²) >= 11 is 0. The van der Waals surface area contributed by atoms with Gasteiger partial charge in [-0.2, -0.15) is 0 Å². The summed E-state index contributed by atoms with van der Waals surface area (Å²) in [7, 11) is 0. The van der Waals surface area contributed by atoms with Crippen LogP contribution in [0.5, 0.6) is 0 Å². The number of carbonyl (C=O) groups is 2. The third-order valence-corrected chi connectivity index (χ3v) is 2.32. The van der Waals surface area contributed by atoms with Crippen LogP contribution in [0, 0.1) is 6.92 Å². The number of amides is 1. The van der Waals surface area contributed by atoms with Crippen LogP contribution in [0.4, 0.5) is 4.79 Å². The van der Waals surface area contributed by atoms with E-state index in [1.54, 1.807) is 39.0 Å². The molecule has 1 aromatic heterocycles. The first-order chi connectivity index (χ1) is 9.69. The van der Waals surface area contributed by atoms with Crippen molar-refractivity contribution in [3.05, 3.63) is 35.2 Å². The van der Waals surface area contributed by atoms with E-state index in [0.29, 0.717) is 5.56 Å². The summed E-state index contributed by atoms with van der Waals surface area (Å²) in [6.07, 6.45) is 4.24. The number of hydrogen-bond donors (Lipinski definition) is 2. The van der Waals surface area contributed by atoms with E-state index >= 15 is 0 Å². The summed E-state index contributed by atoms with van der Waals surface area (Å²) in [6, 6.07) is 1.72. The molecule has 2 N–H and O–H groups in total. The highest BCUT2D eigenvalue weighted by atomic mass is 16.6. The van der Waals surface area contributed by atoms with Gasteiger partial charge in [-0.1, -0.05) is 12.2 Å². The van der Waals surface area contributed by atoms with Gasteiger partial charge in [-0.25, -0.2) is 14.6 Å². The van der Waals surface area contributed by atoms with E-state index < -0.39 is 17.7 Å². The van der Waals surface area contributed by atoms with Crippen LogP contribution in [-0.2, 0) is 4.74 Å². The average molecular weight is 292 g/mol. The smallest absolute Gasteiger partial charge is 0.407 e. The Morgan fingerprint density at radius 3 is 2.67 bits per heavy atom. The second-order valence-electron chi connectivity index (χ2n) is 5.54. The summed E-state index contributed by atoms with van der Waals surface area (Å²) in [5.74, 6) is -1.09. The van der Waals surface area contributed by atoms with Crippen molar-refractivity contribution >= 4 is 18.1 Å². The fourth-order valence-electron chi connectivity index (χ4n) is 1.54. The largest absolute Gasteiger partial charge is 0.476 e. The zero-order valence-corrected chi connectivity index (χ0v) is 12.6. The van der Waals surface area contributed by atoms with Crippen molar-refractivity contribution in [2.75, 3.05) is 6.54 Å². The molecule has 0 radical (unpaired) electrons. The molecule has 0 unspecified atom stereocenters. The first-order valence-electron chi connectivity index (χ1n) is 6.52. The number of ether oxygens (including phenoxy) is 1. The number of carbonyl (C=O) groups excluding carboxylic acids is 1. The zero-order chi connectivity index (χ0) is 16.0. The molecule has 0 saturated heterocycles. The number of pyridine rings is 1. The van der Waals surface area contributed by atoms with Gasteiger partial charge in [-0.15, -0.1) is 0 Å². The van der Waals surface area contributed by atoms with Crippen LogP contribution in [0.15, 0.2) is 18.3 Å². The summed E-state index contributed by atoms with van der Waals surface area (Å²) < 4.78 is 5.08. The van der Waals surface area contributed by atoms with Gasteiger partial charge in [0.05, 0.1) is 0 Å². The lowest BCUT2D eigenvalue weighted by atomic mass is 10.1. The van der Waals surface area contributed by atoms with E-state index in [1.807, 2.05) is 6.92 Å². The van der Waals surface area contributed by atoms with Crippen LogP contribution in [0.2, 0.25) is 0 Å². The summed E-state index contributed by atoms with van der Waals surface area (Å²) in [5.41, 5.74) is 0.785. The SMILES string of the molecule is Cc1cnc(C(=O)O)c(C=CCNC(=O)OC(C)(C)C)c1. The van der Waals surface area contributed by atoms with E-state index in [1.165, 1.54) is 6.20 Å². The molecule has 0 fully saturated rings. The minimum Gasteiger partial charge on any atom is -0.476 e. The van der Waals surface area contributed by atoms with Gasteiger partial charge in [0.2, 0.25) is 0 Å². The van der Waals surface area contributed by atoms with Gasteiger partial charge >= 0.3 is 12.1 Å². The number of aromatic nitrogens is 1. The van der Waals surface area contributed by atoms with E-state index in [0.717, 1.165) is 5.56 Å². The molecule has 0 saturated carbocycles. The lowest BCUT2D eigenvalue weighted by Crippen LogP contribution is -2.32. The van der Waals surface area contributed by atoms with Gasteiger partial charge in [0.15, 0.2) is 5.69 Å². The molecule has 0 aliphatic rings. The molecule has 0 bridgehead atoms. The highest BCUT2D eigenvalue weighted by molar-refractivity contribution is 5.90. The van der Waals surface area contributed by atoms with Gasteiger partial charge in [-0.3, -0.25) is 0 Å². The number of rotatable bonds is 4. The molecule has 6 nitrogen and oxygen atoms in total. The molecule has 0 spiro atoms. The predicted octanol–water partition coefficient (Wildman–Crippen LogP) is 2.63. The normalized spacial score (nSPS) is 11.4. The first-order valence-corrected chi connectivity index (χ1v) is 6.52. The van der Waals surface area contributed by atoms with Crippen molar-refractivity contribution in [1.82, 2.24) is 10.3 Å². The highest BCUT2D eigenvalue weighted by Crippen LogP contribution is 2.10. The predicted molar refractivity (Wildman–Crippen MR) is 79.2 cm³/mol. The number of alkyl carbamates (subject to hydrolysis) is 1.